The second-order valence-electron chi connectivity index (χ2n) is 5.39. The average molecular weight is 207 g/mol. The zero-order valence-corrected chi connectivity index (χ0v) is 9.29. The van der Waals surface area contributed by atoms with E-state index in [0.717, 1.165) is 18.9 Å². The normalized spacial score (nSPS) is 40.1. The molecule has 0 aromatic carbocycles. The Balaban J connectivity index is 2.52. The topological polar surface area (TPSA) is 57.2 Å². The van der Waals surface area contributed by atoms with Crippen molar-refractivity contribution >= 4 is 11.8 Å². The third kappa shape index (κ3) is 1.06. The van der Waals surface area contributed by atoms with Crippen molar-refractivity contribution in [3.63, 3.8) is 0 Å². The maximum Gasteiger partial charge on any atom is 0.165 e. The molecular weight excluding hydrogens is 192 g/mol. The zero-order valence-electron chi connectivity index (χ0n) is 9.29. The van der Waals surface area contributed by atoms with E-state index >= 15 is 0 Å². The number of carbonyl (C=O) groups excluding carboxylic acids is 2. The molecule has 2 aliphatic carbocycles. The smallest absolute Gasteiger partial charge is 0.165 e. The van der Waals surface area contributed by atoms with Crippen LogP contribution in [0.25, 0.3) is 0 Å². The highest BCUT2D eigenvalue weighted by Crippen LogP contribution is 2.65. The molecule has 3 nitrogen and oxygen atoms in total. The standard InChI is InChI=1S/C12H16O3/c1-11(2)8-4-5-12(11,3)10(15)7(8)6-9(13)14/h6,8H,4-5H2,1-3H3,(H,13,14)/p-1/b7-6+/t8-,12+/m1/s1. The van der Waals surface area contributed by atoms with Crippen LogP contribution in [0.5, 0.6) is 0 Å². The van der Waals surface area contributed by atoms with Gasteiger partial charge in [0.1, 0.15) is 0 Å². The van der Waals surface area contributed by atoms with E-state index in [0.29, 0.717) is 5.57 Å². The summed E-state index contributed by atoms with van der Waals surface area (Å²) in [6.45, 7) is 6.06. The lowest BCUT2D eigenvalue weighted by Crippen LogP contribution is -2.32. The Labute approximate surface area is 89.2 Å². The van der Waals surface area contributed by atoms with Crippen LogP contribution in [0.3, 0.4) is 0 Å². The van der Waals surface area contributed by atoms with Gasteiger partial charge in [-0.15, -0.1) is 0 Å². The van der Waals surface area contributed by atoms with Gasteiger partial charge in [-0.2, -0.15) is 0 Å². The largest absolute Gasteiger partial charge is 0.545 e. The lowest BCUT2D eigenvalue weighted by molar-refractivity contribution is -0.297. The highest BCUT2D eigenvalue weighted by atomic mass is 16.4. The van der Waals surface area contributed by atoms with E-state index in [4.69, 9.17) is 0 Å². The molecule has 15 heavy (non-hydrogen) atoms. The van der Waals surface area contributed by atoms with Crippen LogP contribution in [-0.2, 0) is 9.59 Å². The Morgan fingerprint density at radius 2 is 2.07 bits per heavy atom. The van der Waals surface area contributed by atoms with Crippen molar-refractivity contribution in [2.75, 3.05) is 0 Å². The summed E-state index contributed by atoms with van der Waals surface area (Å²) in [6, 6.07) is 0. The summed E-state index contributed by atoms with van der Waals surface area (Å²) < 4.78 is 0. The molecule has 2 rings (SSSR count). The molecule has 2 saturated carbocycles. The molecule has 0 N–H and O–H groups in total. The van der Waals surface area contributed by atoms with Gasteiger partial charge in [-0.3, -0.25) is 4.79 Å². The van der Waals surface area contributed by atoms with Crippen LogP contribution in [0.1, 0.15) is 33.6 Å². The summed E-state index contributed by atoms with van der Waals surface area (Å²) in [6.07, 6.45) is 2.78. The van der Waals surface area contributed by atoms with Gasteiger partial charge in [-0.25, -0.2) is 0 Å². The third-order valence-corrected chi connectivity index (χ3v) is 4.64. The number of carboxylic acid groups (broad SMARTS) is 1. The number of Topliss-reactive ketones (excluding diaryl/α,β-unsaturated/α-hetero) is 1. The molecule has 2 aliphatic rings. The first-order chi connectivity index (χ1) is 6.80. The minimum absolute atomic E-state index is 0.00736. The number of carbonyl (C=O) groups is 2. The third-order valence-electron chi connectivity index (χ3n) is 4.64. The summed E-state index contributed by atoms with van der Waals surface area (Å²) in [4.78, 5) is 22.6. The lowest BCUT2D eigenvalue weighted by Gasteiger charge is -2.31. The number of allylic oxidation sites excluding steroid dienone is 1. The number of hydrogen-bond acceptors (Lipinski definition) is 3. The second kappa shape index (κ2) is 2.71. The maximum absolute atomic E-state index is 12.1. The number of hydrogen-bond donors (Lipinski definition) is 0. The van der Waals surface area contributed by atoms with Crippen molar-refractivity contribution in [2.24, 2.45) is 16.7 Å². The van der Waals surface area contributed by atoms with E-state index in [1.807, 2.05) is 6.92 Å². The molecule has 0 amide bonds. The van der Waals surface area contributed by atoms with Gasteiger partial charge in [0.2, 0.25) is 0 Å². The van der Waals surface area contributed by atoms with E-state index in [9.17, 15) is 14.7 Å². The fourth-order valence-corrected chi connectivity index (χ4v) is 3.22. The highest BCUT2D eigenvalue weighted by molar-refractivity contribution is 6.07. The predicted octanol–water partition coefficient (Wildman–Crippen LogP) is 0.688. The number of carboxylic acids is 1. The van der Waals surface area contributed by atoms with Gasteiger partial charge in [0, 0.05) is 11.0 Å². The van der Waals surface area contributed by atoms with Crippen LogP contribution >= 0.6 is 0 Å². The Morgan fingerprint density at radius 3 is 2.47 bits per heavy atom. The summed E-state index contributed by atoms with van der Waals surface area (Å²) >= 11 is 0. The van der Waals surface area contributed by atoms with Gasteiger partial charge < -0.3 is 9.90 Å². The molecule has 0 heterocycles. The maximum atomic E-state index is 12.1. The molecule has 2 atom stereocenters. The summed E-state index contributed by atoms with van der Waals surface area (Å²) in [5.41, 5.74) is -0.0293. The molecule has 2 bridgehead atoms. The Kier molecular flexibility index (Phi) is 1.88. The molecule has 0 aromatic heterocycles. The van der Waals surface area contributed by atoms with Crippen LogP contribution in [0.4, 0.5) is 0 Å². The van der Waals surface area contributed by atoms with E-state index in [1.54, 1.807) is 0 Å². The molecule has 0 spiro atoms. The number of ketones is 1. The van der Waals surface area contributed by atoms with Gasteiger partial charge in [0.15, 0.2) is 5.78 Å². The minimum atomic E-state index is -1.26. The van der Waals surface area contributed by atoms with Crippen LogP contribution < -0.4 is 5.11 Å². The molecule has 3 heteroatoms. The zero-order chi connectivity index (χ0) is 11.4. The molecule has 0 saturated heterocycles. The first-order valence-corrected chi connectivity index (χ1v) is 5.28. The van der Waals surface area contributed by atoms with Crippen LogP contribution in [0, 0.1) is 16.7 Å². The molecule has 2 fully saturated rings. The van der Waals surface area contributed by atoms with Crippen molar-refractivity contribution in [3.8, 4) is 0 Å². The van der Waals surface area contributed by atoms with E-state index in [-0.39, 0.29) is 22.5 Å². The van der Waals surface area contributed by atoms with Crippen LogP contribution in [0.2, 0.25) is 0 Å². The Morgan fingerprint density at radius 1 is 1.47 bits per heavy atom. The monoisotopic (exact) mass is 207 g/mol. The predicted molar refractivity (Wildman–Crippen MR) is 52.7 cm³/mol. The van der Waals surface area contributed by atoms with E-state index < -0.39 is 5.97 Å². The number of rotatable bonds is 1. The van der Waals surface area contributed by atoms with Gasteiger partial charge in [-0.05, 0) is 30.3 Å². The first-order valence-electron chi connectivity index (χ1n) is 5.28. The molecule has 0 aromatic rings. The van der Waals surface area contributed by atoms with Crippen molar-refractivity contribution < 1.29 is 14.7 Å². The SMILES string of the molecule is CC1(C)[C@@H]2CC[C@@]1(C)C(=O)/C2=C/C(=O)[O-]. The number of aliphatic carboxylic acids is 1. The van der Waals surface area contributed by atoms with Gasteiger partial charge in [0.25, 0.3) is 0 Å². The van der Waals surface area contributed by atoms with E-state index in [1.165, 1.54) is 0 Å². The number of fused-ring (bicyclic) bond motifs is 2. The molecular formula is C12H15O3-. The van der Waals surface area contributed by atoms with Crippen molar-refractivity contribution in [2.45, 2.75) is 33.6 Å². The lowest BCUT2D eigenvalue weighted by atomic mass is 9.70. The highest BCUT2D eigenvalue weighted by Gasteiger charge is 2.63. The van der Waals surface area contributed by atoms with Crippen LogP contribution in [-0.4, -0.2) is 11.8 Å². The summed E-state index contributed by atoms with van der Waals surface area (Å²) in [5, 5.41) is 10.6. The quantitative estimate of drug-likeness (QED) is 0.594. The van der Waals surface area contributed by atoms with Gasteiger partial charge in [0.05, 0.1) is 5.97 Å². The molecule has 0 aliphatic heterocycles. The summed E-state index contributed by atoms with van der Waals surface area (Å²) in [5.74, 6) is -1.16. The fraction of sp³-hybridized carbons (Fsp3) is 0.667. The average Bonchev–Trinajstić information content (AvgIpc) is 2.40. The van der Waals surface area contributed by atoms with E-state index in [2.05, 4.69) is 13.8 Å². The van der Waals surface area contributed by atoms with Crippen molar-refractivity contribution in [1.82, 2.24) is 0 Å². The fourth-order valence-electron chi connectivity index (χ4n) is 3.22. The Bertz CT molecular complexity index is 378. The molecule has 0 radical (unpaired) electrons. The first kappa shape index (κ1) is 10.4. The molecule has 0 unspecified atom stereocenters. The van der Waals surface area contributed by atoms with Crippen molar-refractivity contribution in [1.29, 1.82) is 0 Å². The Hall–Kier alpha value is -1.12. The summed E-state index contributed by atoms with van der Waals surface area (Å²) in [7, 11) is 0. The minimum Gasteiger partial charge on any atom is -0.545 e. The molecule has 82 valence electrons. The van der Waals surface area contributed by atoms with Crippen LogP contribution in [0.15, 0.2) is 11.6 Å². The van der Waals surface area contributed by atoms with Gasteiger partial charge >= 0.3 is 0 Å². The van der Waals surface area contributed by atoms with Gasteiger partial charge in [-0.1, -0.05) is 20.8 Å². The van der Waals surface area contributed by atoms with Crippen molar-refractivity contribution in [3.05, 3.63) is 11.6 Å². The second-order valence-corrected chi connectivity index (χ2v) is 5.39.